The lowest BCUT2D eigenvalue weighted by molar-refractivity contribution is -0.140. The van der Waals surface area contributed by atoms with Gasteiger partial charge in [0.05, 0.1) is 0 Å². The lowest BCUT2D eigenvalue weighted by Crippen LogP contribution is -2.10. The largest absolute Gasteiger partial charge is 0.455 e. The van der Waals surface area contributed by atoms with Crippen LogP contribution in [0.4, 0.5) is 0 Å². The molecule has 0 bridgehead atoms. The summed E-state index contributed by atoms with van der Waals surface area (Å²) >= 11 is 0. The third-order valence-corrected chi connectivity index (χ3v) is 1.99. The van der Waals surface area contributed by atoms with Crippen molar-refractivity contribution >= 4 is 5.97 Å². The summed E-state index contributed by atoms with van der Waals surface area (Å²) in [5.41, 5.74) is 0.834. The Hall–Kier alpha value is -0.790. The first-order chi connectivity index (χ1) is 5.63. The van der Waals surface area contributed by atoms with Crippen LogP contribution in [0.3, 0.4) is 0 Å². The van der Waals surface area contributed by atoms with Gasteiger partial charge in [-0.2, -0.15) is 0 Å². The van der Waals surface area contributed by atoms with Gasteiger partial charge in [-0.05, 0) is 24.8 Å². The molecule has 1 aliphatic heterocycles. The number of carbonyl (C=O) groups excluding carboxylic acids is 1. The highest BCUT2D eigenvalue weighted by Gasteiger charge is 2.24. The van der Waals surface area contributed by atoms with E-state index in [4.69, 9.17) is 4.74 Å². The molecule has 0 radical (unpaired) electrons. The number of cyclic esters (lactones) is 1. The number of esters is 1. The molecule has 2 heteroatoms. The third kappa shape index (κ3) is 2.10. The number of rotatable bonds is 3. The van der Waals surface area contributed by atoms with Crippen LogP contribution >= 0.6 is 0 Å². The minimum Gasteiger partial charge on any atom is -0.455 e. The molecule has 2 nitrogen and oxygen atoms in total. The van der Waals surface area contributed by atoms with E-state index in [1.165, 1.54) is 0 Å². The first-order valence-corrected chi connectivity index (χ1v) is 4.55. The Balaban J connectivity index is 2.52. The molecule has 1 atom stereocenters. The van der Waals surface area contributed by atoms with E-state index in [1.807, 2.05) is 13.0 Å². The summed E-state index contributed by atoms with van der Waals surface area (Å²) in [7, 11) is 0. The highest BCUT2D eigenvalue weighted by Crippen LogP contribution is 2.21. The summed E-state index contributed by atoms with van der Waals surface area (Å²) in [6.45, 7) is 6.24. The summed E-state index contributed by atoms with van der Waals surface area (Å²) in [6, 6.07) is 0. The van der Waals surface area contributed by atoms with Crippen molar-refractivity contribution in [1.82, 2.24) is 0 Å². The van der Waals surface area contributed by atoms with Crippen molar-refractivity contribution in [2.75, 3.05) is 0 Å². The average Bonchev–Trinajstić information content (AvgIpc) is 2.29. The lowest BCUT2D eigenvalue weighted by atomic mass is 10.1. The molecule has 0 aromatic carbocycles. The second kappa shape index (κ2) is 3.74. The molecule has 0 unspecified atom stereocenters. The summed E-state index contributed by atoms with van der Waals surface area (Å²) < 4.78 is 5.14. The number of ether oxygens (including phenoxy) is 1. The van der Waals surface area contributed by atoms with E-state index in [2.05, 4.69) is 13.8 Å². The number of hydrogen-bond donors (Lipinski definition) is 0. The molecule has 0 saturated carbocycles. The molecule has 68 valence electrons. The zero-order valence-corrected chi connectivity index (χ0v) is 7.96. The van der Waals surface area contributed by atoms with Crippen LogP contribution in [0.1, 0.15) is 33.6 Å². The Morgan fingerprint density at radius 2 is 2.25 bits per heavy atom. The number of carbonyl (C=O) groups is 1. The van der Waals surface area contributed by atoms with Crippen LogP contribution < -0.4 is 0 Å². The molecular formula is C10H16O2. The van der Waals surface area contributed by atoms with Crippen molar-refractivity contribution in [2.45, 2.75) is 39.7 Å². The van der Waals surface area contributed by atoms with Gasteiger partial charge in [-0.3, -0.25) is 0 Å². The van der Waals surface area contributed by atoms with E-state index in [9.17, 15) is 4.79 Å². The zero-order valence-electron chi connectivity index (χ0n) is 7.96. The van der Waals surface area contributed by atoms with Gasteiger partial charge in [-0.1, -0.05) is 20.8 Å². The molecule has 0 N–H and O–H groups in total. The van der Waals surface area contributed by atoms with Crippen molar-refractivity contribution in [3.05, 3.63) is 11.6 Å². The normalized spacial score (nSPS) is 22.8. The van der Waals surface area contributed by atoms with Crippen molar-refractivity contribution < 1.29 is 9.53 Å². The lowest BCUT2D eigenvalue weighted by Gasteiger charge is -2.09. The van der Waals surface area contributed by atoms with Gasteiger partial charge in [-0.25, -0.2) is 4.79 Å². The molecule has 1 heterocycles. The maximum atomic E-state index is 11.1. The molecule has 0 amide bonds. The van der Waals surface area contributed by atoms with Crippen LogP contribution in [0.5, 0.6) is 0 Å². The van der Waals surface area contributed by atoms with Gasteiger partial charge in [0, 0.05) is 5.57 Å². The van der Waals surface area contributed by atoms with Gasteiger partial charge in [-0.15, -0.1) is 0 Å². The fourth-order valence-electron chi connectivity index (χ4n) is 1.38. The zero-order chi connectivity index (χ0) is 9.14. The van der Waals surface area contributed by atoms with Gasteiger partial charge in [0.15, 0.2) is 0 Å². The summed E-state index contributed by atoms with van der Waals surface area (Å²) in [4.78, 5) is 11.1. The predicted octanol–water partition coefficient (Wildman–Crippen LogP) is 2.29. The molecular weight excluding hydrogens is 152 g/mol. The van der Waals surface area contributed by atoms with Crippen molar-refractivity contribution in [3.63, 3.8) is 0 Å². The predicted molar refractivity (Wildman–Crippen MR) is 47.7 cm³/mol. The Kier molecular flexibility index (Phi) is 2.90. The number of hydrogen-bond acceptors (Lipinski definition) is 2. The highest BCUT2D eigenvalue weighted by atomic mass is 16.5. The fourth-order valence-corrected chi connectivity index (χ4v) is 1.38. The van der Waals surface area contributed by atoms with Crippen LogP contribution in [0.25, 0.3) is 0 Å². The summed E-state index contributed by atoms with van der Waals surface area (Å²) in [5.74, 6) is 0.457. The van der Waals surface area contributed by atoms with E-state index in [0.29, 0.717) is 5.92 Å². The Morgan fingerprint density at radius 3 is 2.67 bits per heavy atom. The maximum absolute atomic E-state index is 11.1. The van der Waals surface area contributed by atoms with Crippen molar-refractivity contribution in [2.24, 2.45) is 5.92 Å². The SMILES string of the molecule is CCC1=C[C@H](CC(C)C)OC1=O. The van der Waals surface area contributed by atoms with E-state index in [1.54, 1.807) is 0 Å². The second-order valence-corrected chi connectivity index (χ2v) is 3.62. The molecule has 0 saturated heterocycles. The Bertz CT molecular complexity index is 204. The quantitative estimate of drug-likeness (QED) is 0.604. The van der Waals surface area contributed by atoms with Crippen LogP contribution in [0, 0.1) is 5.92 Å². The fraction of sp³-hybridized carbons (Fsp3) is 0.700. The van der Waals surface area contributed by atoms with E-state index in [0.717, 1.165) is 18.4 Å². The molecule has 0 fully saturated rings. The summed E-state index contributed by atoms with van der Waals surface area (Å²) in [5, 5.41) is 0. The smallest absolute Gasteiger partial charge is 0.334 e. The molecule has 0 aromatic heterocycles. The summed E-state index contributed by atoms with van der Waals surface area (Å²) in [6.07, 6.45) is 3.72. The topological polar surface area (TPSA) is 26.3 Å². The molecule has 0 spiro atoms. The van der Waals surface area contributed by atoms with Crippen LogP contribution in [-0.4, -0.2) is 12.1 Å². The first-order valence-electron chi connectivity index (χ1n) is 4.55. The average molecular weight is 168 g/mol. The van der Waals surface area contributed by atoms with Crippen LogP contribution in [0.15, 0.2) is 11.6 Å². The van der Waals surface area contributed by atoms with Crippen molar-refractivity contribution in [1.29, 1.82) is 0 Å². The van der Waals surface area contributed by atoms with Gasteiger partial charge in [0.25, 0.3) is 0 Å². The molecule has 0 aromatic rings. The minimum absolute atomic E-state index is 0.0347. The van der Waals surface area contributed by atoms with Gasteiger partial charge < -0.3 is 4.74 Å². The molecule has 1 aliphatic rings. The van der Waals surface area contributed by atoms with Crippen LogP contribution in [-0.2, 0) is 9.53 Å². The van der Waals surface area contributed by atoms with E-state index < -0.39 is 0 Å². The Labute approximate surface area is 73.6 Å². The maximum Gasteiger partial charge on any atom is 0.334 e. The second-order valence-electron chi connectivity index (χ2n) is 3.62. The van der Waals surface area contributed by atoms with Gasteiger partial charge in [0.2, 0.25) is 0 Å². The minimum atomic E-state index is -0.122. The Morgan fingerprint density at radius 1 is 1.58 bits per heavy atom. The van der Waals surface area contributed by atoms with E-state index in [-0.39, 0.29) is 12.1 Å². The monoisotopic (exact) mass is 168 g/mol. The molecule has 1 rings (SSSR count). The van der Waals surface area contributed by atoms with Crippen LogP contribution in [0.2, 0.25) is 0 Å². The molecule has 0 aliphatic carbocycles. The standard InChI is InChI=1S/C10H16O2/c1-4-8-6-9(5-7(2)3)12-10(8)11/h6-7,9H,4-5H2,1-3H3/t9-/m0/s1. The molecule has 12 heavy (non-hydrogen) atoms. The van der Waals surface area contributed by atoms with E-state index >= 15 is 0 Å². The van der Waals surface area contributed by atoms with Crippen molar-refractivity contribution in [3.8, 4) is 0 Å². The highest BCUT2D eigenvalue weighted by molar-refractivity contribution is 5.90. The van der Waals surface area contributed by atoms with Gasteiger partial charge in [0.1, 0.15) is 6.10 Å². The third-order valence-electron chi connectivity index (χ3n) is 1.99. The van der Waals surface area contributed by atoms with Gasteiger partial charge >= 0.3 is 5.97 Å². The first kappa shape index (κ1) is 9.30.